The van der Waals surface area contributed by atoms with Crippen molar-refractivity contribution in [2.75, 3.05) is 13.2 Å². The Morgan fingerprint density at radius 1 is 1.48 bits per heavy atom. The largest absolute Gasteiger partial charge is 0.396 e. The number of nitro groups is 1. The Morgan fingerprint density at radius 2 is 2.26 bits per heavy atom. The molecule has 1 N–H and O–H groups in total. The maximum Gasteiger partial charge on any atom is 0.279 e. The lowest BCUT2D eigenvalue weighted by molar-refractivity contribution is -0.385. The number of aliphatic hydroxyl groups excluding tert-OH is 1. The number of carbonyl (C=O) groups excluding carboxylic acids is 1. The molecule has 1 saturated heterocycles. The summed E-state index contributed by atoms with van der Waals surface area (Å²) in [6.07, 6.45) is 5.90. The summed E-state index contributed by atoms with van der Waals surface area (Å²) < 4.78 is 13.1. The maximum atomic E-state index is 13.1. The molecule has 2 rings (SSSR count). The van der Waals surface area contributed by atoms with Crippen LogP contribution in [0, 0.1) is 15.9 Å². The number of nitro benzene ring substituents is 1. The van der Waals surface area contributed by atoms with Crippen LogP contribution in [0.3, 0.4) is 0 Å². The summed E-state index contributed by atoms with van der Waals surface area (Å²) in [4.78, 5) is 24.3. The van der Waals surface area contributed by atoms with E-state index >= 15 is 0 Å². The van der Waals surface area contributed by atoms with Crippen molar-refractivity contribution in [3.63, 3.8) is 0 Å². The zero-order chi connectivity index (χ0) is 16.8. The van der Waals surface area contributed by atoms with Crippen LogP contribution in [0.25, 0.3) is 6.08 Å². The monoisotopic (exact) mass is 322 g/mol. The van der Waals surface area contributed by atoms with E-state index in [1.54, 1.807) is 4.90 Å². The van der Waals surface area contributed by atoms with E-state index in [1.165, 1.54) is 18.2 Å². The van der Waals surface area contributed by atoms with Crippen LogP contribution in [0.4, 0.5) is 10.1 Å². The Bertz CT molecular complexity index is 616. The molecule has 1 atom stereocenters. The number of amides is 1. The number of hydrogen-bond donors (Lipinski definition) is 1. The number of halogens is 1. The number of hydrogen-bond acceptors (Lipinski definition) is 4. The van der Waals surface area contributed by atoms with Crippen molar-refractivity contribution in [2.45, 2.75) is 31.7 Å². The van der Waals surface area contributed by atoms with Gasteiger partial charge in [-0.1, -0.05) is 0 Å². The number of benzene rings is 1. The molecule has 0 spiro atoms. The van der Waals surface area contributed by atoms with E-state index in [0.717, 1.165) is 31.4 Å². The SMILES string of the molecule is O=C(/C=C/c1ccc(F)cc1[N+](=O)[O-])N1CCCCC1CCO. The van der Waals surface area contributed by atoms with Gasteiger partial charge < -0.3 is 10.0 Å². The molecule has 0 bridgehead atoms. The van der Waals surface area contributed by atoms with E-state index in [0.29, 0.717) is 13.0 Å². The lowest BCUT2D eigenvalue weighted by Gasteiger charge is -2.34. The molecule has 1 aromatic carbocycles. The first-order valence-corrected chi connectivity index (χ1v) is 7.56. The van der Waals surface area contributed by atoms with E-state index in [2.05, 4.69) is 0 Å². The van der Waals surface area contributed by atoms with Crippen LogP contribution in [-0.2, 0) is 4.79 Å². The predicted octanol–water partition coefficient (Wildman–Crippen LogP) is 2.51. The summed E-state index contributed by atoms with van der Waals surface area (Å²) >= 11 is 0. The van der Waals surface area contributed by atoms with Crippen LogP contribution in [0.1, 0.15) is 31.2 Å². The van der Waals surface area contributed by atoms with Gasteiger partial charge in [-0.25, -0.2) is 4.39 Å². The zero-order valence-electron chi connectivity index (χ0n) is 12.7. The van der Waals surface area contributed by atoms with E-state index in [1.807, 2.05) is 0 Å². The lowest BCUT2D eigenvalue weighted by Crippen LogP contribution is -2.43. The molecule has 1 fully saturated rings. The van der Waals surface area contributed by atoms with Gasteiger partial charge in [0, 0.05) is 25.3 Å². The highest BCUT2D eigenvalue weighted by Gasteiger charge is 2.24. The Hall–Kier alpha value is -2.28. The summed E-state index contributed by atoms with van der Waals surface area (Å²) in [6.45, 7) is 0.626. The van der Waals surface area contributed by atoms with E-state index in [9.17, 15) is 19.3 Å². The molecule has 0 aromatic heterocycles. The van der Waals surface area contributed by atoms with E-state index in [4.69, 9.17) is 5.11 Å². The number of rotatable bonds is 5. The van der Waals surface area contributed by atoms with Gasteiger partial charge in [-0.15, -0.1) is 0 Å². The molecule has 1 heterocycles. The number of carbonyl (C=O) groups is 1. The predicted molar refractivity (Wildman–Crippen MR) is 83.1 cm³/mol. The van der Waals surface area contributed by atoms with Crippen molar-refractivity contribution in [3.8, 4) is 0 Å². The van der Waals surface area contributed by atoms with Crippen LogP contribution in [-0.4, -0.2) is 40.0 Å². The third-order valence-corrected chi connectivity index (χ3v) is 3.97. The Kier molecular flexibility index (Phi) is 5.81. The molecule has 1 aromatic rings. The van der Waals surface area contributed by atoms with Crippen molar-refractivity contribution in [1.82, 2.24) is 4.90 Å². The smallest absolute Gasteiger partial charge is 0.279 e. The molecule has 1 unspecified atom stereocenters. The van der Waals surface area contributed by atoms with Crippen LogP contribution < -0.4 is 0 Å². The van der Waals surface area contributed by atoms with E-state index in [-0.39, 0.29) is 29.8 Å². The molecule has 6 nitrogen and oxygen atoms in total. The van der Waals surface area contributed by atoms with Gasteiger partial charge in [-0.05, 0) is 43.9 Å². The summed E-state index contributed by atoms with van der Waals surface area (Å²) in [7, 11) is 0. The lowest BCUT2D eigenvalue weighted by atomic mass is 9.99. The number of nitrogens with zero attached hydrogens (tertiary/aromatic N) is 2. The van der Waals surface area contributed by atoms with Gasteiger partial charge in [0.1, 0.15) is 5.82 Å². The Balaban J connectivity index is 2.16. The van der Waals surface area contributed by atoms with Gasteiger partial charge in [0.05, 0.1) is 16.6 Å². The summed E-state index contributed by atoms with van der Waals surface area (Å²) in [5.41, 5.74) is -0.194. The molecule has 1 aliphatic heterocycles. The molecule has 7 heteroatoms. The van der Waals surface area contributed by atoms with Gasteiger partial charge in [-0.3, -0.25) is 14.9 Å². The molecule has 23 heavy (non-hydrogen) atoms. The molecular weight excluding hydrogens is 303 g/mol. The maximum absolute atomic E-state index is 13.1. The van der Waals surface area contributed by atoms with Gasteiger partial charge in [-0.2, -0.15) is 0 Å². The van der Waals surface area contributed by atoms with Crippen molar-refractivity contribution < 1.29 is 19.2 Å². The standard InChI is InChI=1S/C16H19FN2O4/c17-13-6-4-12(15(11-13)19(22)23)5-7-16(21)18-9-2-1-3-14(18)8-10-20/h4-7,11,14,20H,1-3,8-10H2/b7-5+. The van der Waals surface area contributed by atoms with Crippen LogP contribution in [0.5, 0.6) is 0 Å². The summed E-state index contributed by atoms with van der Waals surface area (Å²) in [5.74, 6) is -0.944. The minimum Gasteiger partial charge on any atom is -0.396 e. The highest BCUT2D eigenvalue weighted by molar-refractivity contribution is 5.92. The molecule has 124 valence electrons. The molecule has 1 aliphatic rings. The van der Waals surface area contributed by atoms with Crippen molar-refractivity contribution in [3.05, 3.63) is 45.8 Å². The zero-order valence-corrected chi connectivity index (χ0v) is 12.7. The van der Waals surface area contributed by atoms with E-state index < -0.39 is 10.7 Å². The highest BCUT2D eigenvalue weighted by atomic mass is 19.1. The quantitative estimate of drug-likeness (QED) is 0.513. The number of likely N-dealkylation sites (tertiary alicyclic amines) is 1. The molecule has 1 amide bonds. The number of aliphatic hydroxyl groups is 1. The van der Waals surface area contributed by atoms with Crippen LogP contribution in [0.2, 0.25) is 0 Å². The highest BCUT2D eigenvalue weighted by Crippen LogP contribution is 2.23. The van der Waals surface area contributed by atoms with Crippen LogP contribution >= 0.6 is 0 Å². The first-order chi connectivity index (χ1) is 11.0. The van der Waals surface area contributed by atoms with Crippen molar-refractivity contribution in [1.29, 1.82) is 0 Å². The molecular formula is C16H19FN2O4. The fourth-order valence-electron chi connectivity index (χ4n) is 2.81. The molecule has 0 saturated carbocycles. The van der Waals surface area contributed by atoms with Gasteiger partial charge >= 0.3 is 0 Å². The second-order valence-electron chi connectivity index (χ2n) is 5.49. The summed E-state index contributed by atoms with van der Waals surface area (Å²) in [5, 5.41) is 20.0. The van der Waals surface area contributed by atoms with Crippen molar-refractivity contribution in [2.24, 2.45) is 0 Å². The molecule has 0 aliphatic carbocycles. The Morgan fingerprint density at radius 3 is 2.96 bits per heavy atom. The van der Waals surface area contributed by atoms with Crippen molar-refractivity contribution >= 4 is 17.7 Å². The average Bonchev–Trinajstić information content (AvgIpc) is 2.54. The summed E-state index contributed by atoms with van der Waals surface area (Å²) in [6, 6.07) is 3.22. The minimum atomic E-state index is -0.695. The Labute approximate surface area is 133 Å². The third-order valence-electron chi connectivity index (χ3n) is 3.97. The number of piperidine rings is 1. The first kappa shape index (κ1) is 17.1. The first-order valence-electron chi connectivity index (χ1n) is 7.56. The fourth-order valence-corrected chi connectivity index (χ4v) is 2.81. The fraction of sp³-hybridized carbons (Fsp3) is 0.438. The van der Waals surface area contributed by atoms with Gasteiger partial charge in [0.15, 0.2) is 0 Å². The second kappa shape index (κ2) is 7.82. The third kappa shape index (κ3) is 4.35. The van der Waals surface area contributed by atoms with Gasteiger partial charge in [0.25, 0.3) is 5.69 Å². The van der Waals surface area contributed by atoms with Gasteiger partial charge in [0.2, 0.25) is 5.91 Å². The second-order valence-corrected chi connectivity index (χ2v) is 5.49. The normalized spacial score (nSPS) is 18.3. The average molecular weight is 322 g/mol. The molecule has 0 radical (unpaired) electrons. The minimum absolute atomic E-state index is 0.00546. The topological polar surface area (TPSA) is 83.7 Å². The van der Waals surface area contributed by atoms with Crippen LogP contribution in [0.15, 0.2) is 24.3 Å².